The van der Waals surface area contributed by atoms with Gasteiger partial charge in [0.15, 0.2) is 0 Å². The standard InChI is InChI=1S/C8H13.C8H11.Co/c2*1-2-4-6-8-7-5-3-1;/h1H,2,4-8H2;1-2,7H,3-6H2;. The van der Waals surface area contributed by atoms with Crippen LogP contribution in [0.4, 0.5) is 0 Å². The number of allylic oxidation sites excluding steroid dienone is 6. The van der Waals surface area contributed by atoms with Crippen LogP contribution in [0, 0.1) is 0 Å². The van der Waals surface area contributed by atoms with Crippen molar-refractivity contribution in [2.75, 3.05) is 0 Å². The molecular formula is C16H24Co. The van der Waals surface area contributed by atoms with E-state index in [1.165, 1.54) is 64.2 Å². The molecule has 0 aromatic heterocycles. The first-order valence-electron chi connectivity index (χ1n) is 7.08. The summed E-state index contributed by atoms with van der Waals surface area (Å²) in [5.74, 6) is 0. The first-order chi connectivity index (χ1) is 8.45. The molecule has 97 valence electrons. The van der Waals surface area contributed by atoms with Gasteiger partial charge in [0.2, 0.25) is 0 Å². The van der Waals surface area contributed by atoms with Crippen molar-refractivity contribution in [3.8, 4) is 0 Å². The summed E-state index contributed by atoms with van der Waals surface area (Å²) < 4.78 is 3.36. The Morgan fingerprint density at radius 3 is 2.41 bits per heavy atom. The summed E-state index contributed by atoms with van der Waals surface area (Å²) in [5, 5.41) is 0. The van der Waals surface area contributed by atoms with Crippen LogP contribution in [-0.2, 0) is 14.7 Å². The zero-order chi connectivity index (χ0) is 11.8. The summed E-state index contributed by atoms with van der Waals surface area (Å²) in [4.78, 5) is 0. The Hall–Kier alpha value is -0.274. The second-order valence-electron chi connectivity index (χ2n) is 4.87. The minimum absolute atomic E-state index is 1.23. The Labute approximate surface area is 112 Å². The van der Waals surface area contributed by atoms with Gasteiger partial charge in [-0.15, -0.1) is 0 Å². The van der Waals surface area contributed by atoms with Gasteiger partial charge in [0, 0.05) is 0 Å². The topological polar surface area (TPSA) is 0 Å². The van der Waals surface area contributed by atoms with Gasteiger partial charge in [-0.1, -0.05) is 0 Å². The van der Waals surface area contributed by atoms with Crippen LogP contribution in [-0.4, -0.2) is 0 Å². The maximum absolute atomic E-state index is 2.52. The molecule has 0 N–H and O–H groups in total. The van der Waals surface area contributed by atoms with E-state index in [0.29, 0.717) is 0 Å². The summed E-state index contributed by atoms with van der Waals surface area (Å²) in [7, 11) is 0. The summed E-state index contributed by atoms with van der Waals surface area (Å²) in [6.45, 7) is 0. The average Bonchev–Trinajstić information content (AvgIpc) is 2.24. The van der Waals surface area contributed by atoms with Crippen molar-refractivity contribution in [2.45, 2.75) is 64.2 Å². The predicted molar refractivity (Wildman–Crippen MR) is 71.5 cm³/mol. The van der Waals surface area contributed by atoms with E-state index in [4.69, 9.17) is 0 Å². The normalized spacial score (nSPS) is 23.1. The molecule has 0 radical (unpaired) electrons. The van der Waals surface area contributed by atoms with Gasteiger partial charge in [-0.2, -0.15) is 0 Å². The number of hydrogen-bond donors (Lipinski definition) is 0. The average molecular weight is 275 g/mol. The van der Waals surface area contributed by atoms with E-state index >= 15 is 0 Å². The first-order valence-corrected chi connectivity index (χ1v) is 8.13. The predicted octanol–water partition coefficient (Wildman–Crippen LogP) is 5.32. The molecule has 0 fully saturated rings. The van der Waals surface area contributed by atoms with Crippen molar-refractivity contribution >= 4 is 0 Å². The Morgan fingerprint density at radius 1 is 0.647 bits per heavy atom. The molecule has 0 bridgehead atoms. The van der Waals surface area contributed by atoms with Gasteiger partial charge in [-0.25, -0.2) is 0 Å². The Morgan fingerprint density at radius 2 is 1.41 bits per heavy atom. The molecule has 0 nitrogen and oxygen atoms in total. The molecule has 1 heteroatoms. The van der Waals surface area contributed by atoms with E-state index in [1.54, 1.807) is 23.7 Å². The van der Waals surface area contributed by atoms with E-state index in [9.17, 15) is 0 Å². The SMILES string of the molecule is C1=CCC[C]([Co][C]2=CCCCCCC2)=CCC1. The first kappa shape index (κ1) is 13.2. The van der Waals surface area contributed by atoms with Crippen molar-refractivity contribution in [3.05, 3.63) is 33.3 Å². The van der Waals surface area contributed by atoms with Crippen LogP contribution in [0.15, 0.2) is 33.3 Å². The Kier molecular flexibility index (Phi) is 6.15. The molecule has 0 amide bonds. The fourth-order valence-corrected chi connectivity index (χ4v) is 3.85. The van der Waals surface area contributed by atoms with Crippen LogP contribution < -0.4 is 0 Å². The van der Waals surface area contributed by atoms with Crippen LogP contribution in [0.3, 0.4) is 0 Å². The van der Waals surface area contributed by atoms with Gasteiger partial charge >= 0.3 is 112 Å². The van der Waals surface area contributed by atoms with Gasteiger partial charge < -0.3 is 0 Å². The molecular weight excluding hydrogens is 251 g/mol. The molecule has 2 aliphatic carbocycles. The molecule has 2 aliphatic rings. The molecule has 0 aromatic carbocycles. The zero-order valence-corrected chi connectivity index (χ0v) is 11.8. The van der Waals surface area contributed by atoms with E-state index in [0.717, 1.165) is 0 Å². The maximum atomic E-state index is 2.52. The molecule has 0 heterocycles. The fraction of sp³-hybridized carbons (Fsp3) is 0.625. The summed E-state index contributed by atoms with van der Waals surface area (Å²) in [5.41, 5.74) is 0. The van der Waals surface area contributed by atoms with E-state index in [1.807, 2.05) is 0 Å². The molecule has 17 heavy (non-hydrogen) atoms. The summed E-state index contributed by atoms with van der Waals surface area (Å²) >= 11 is 1.57. The molecule has 0 spiro atoms. The van der Waals surface area contributed by atoms with Gasteiger partial charge in [0.25, 0.3) is 0 Å². The third-order valence-electron chi connectivity index (χ3n) is 3.32. The van der Waals surface area contributed by atoms with Crippen molar-refractivity contribution in [1.82, 2.24) is 0 Å². The van der Waals surface area contributed by atoms with Crippen LogP contribution in [0.25, 0.3) is 0 Å². The number of hydrogen-bond acceptors (Lipinski definition) is 0. The quantitative estimate of drug-likeness (QED) is 0.598. The summed E-state index contributed by atoms with van der Waals surface area (Å²) in [6, 6.07) is 0. The third-order valence-corrected chi connectivity index (χ3v) is 4.94. The van der Waals surface area contributed by atoms with Gasteiger partial charge in [-0.05, 0) is 0 Å². The van der Waals surface area contributed by atoms with Gasteiger partial charge in [0.05, 0.1) is 0 Å². The van der Waals surface area contributed by atoms with E-state index in [2.05, 4.69) is 24.3 Å². The summed E-state index contributed by atoms with van der Waals surface area (Å²) in [6.07, 6.45) is 23.0. The zero-order valence-electron chi connectivity index (χ0n) is 10.7. The minimum atomic E-state index is 1.23. The second-order valence-corrected chi connectivity index (χ2v) is 6.47. The molecule has 0 atom stereocenters. The Balaban J connectivity index is 1.89. The van der Waals surface area contributed by atoms with Crippen molar-refractivity contribution in [2.24, 2.45) is 0 Å². The van der Waals surface area contributed by atoms with Crippen molar-refractivity contribution < 1.29 is 14.7 Å². The molecule has 0 saturated heterocycles. The molecule has 0 unspecified atom stereocenters. The van der Waals surface area contributed by atoms with Crippen LogP contribution in [0.5, 0.6) is 0 Å². The van der Waals surface area contributed by atoms with Crippen molar-refractivity contribution in [3.63, 3.8) is 0 Å². The van der Waals surface area contributed by atoms with Gasteiger partial charge in [-0.3, -0.25) is 0 Å². The number of rotatable bonds is 2. The van der Waals surface area contributed by atoms with Crippen LogP contribution in [0.1, 0.15) is 64.2 Å². The molecule has 0 aromatic rings. The molecule has 2 rings (SSSR count). The van der Waals surface area contributed by atoms with Crippen LogP contribution in [0.2, 0.25) is 0 Å². The second kappa shape index (κ2) is 7.94. The third kappa shape index (κ3) is 5.26. The van der Waals surface area contributed by atoms with E-state index < -0.39 is 0 Å². The van der Waals surface area contributed by atoms with Crippen molar-refractivity contribution in [1.29, 1.82) is 0 Å². The van der Waals surface area contributed by atoms with Gasteiger partial charge in [0.1, 0.15) is 0 Å². The monoisotopic (exact) mass is 275 g/mol. The fourth-order valence-electron chi connectivity index (χ4n) is 2.31. The van der Waals surface area contributed by atoms with Crippen LogP contribution >= 0.6 is 0 Å². The molecule has 0 saturated carbocycles. The molecule has 0 aliphatic heterocycles. The van der Waals surface area contributed by atoms with E-state index in [-0.39, 0.29) is 0 Å². The Bertz CT molecular complexity index is 303.